The molecular formula is C15H20BrNO. The Morgan fingerprint density at radius 2 is 2.11 bits per heavy atom. The van der Waals surface area contributed by atoms with Gasteiger partial charge in [0.15, 0.2) is 0 Å². The molecule has 0 N–H and O–H groups in total. The molecule has 1 fully saturated rings. The summed E-state index contributed by atoms with van der Waals surface area (Å²) in [5.74, 6) is 0.702. The molecule has 0 saturated heterocycles. The van der Waals surface area contributed by atoms with Gasteiger partial charge in [-0.3, -0.25) is 4.79 Å². The summed E-state index contributed by atoms with van der Waals surface area (Å²) in [6, 6.07) is 6.32. The molecule has 0 aliphatic heterocycles. The SMILES string of the molecule is Cc1cc(C(=O)N(CC(C)C)C2CC2)ccc1Br. The second kappa shape index (κ2) is 5.43. The van der Waals surface area contributed by atoms with Crippen molar-refractivity contribution in [1.82, 2.24) is 4.90 Å². The van der Waals surface area contributed by atoms with Crippen molar-refractivity contribution >= 4 is 21.8 Å². The second-order valence-electron chi connectivity index (χ2n) is 5.55. The molecule has 1 aliphatic carbocycles. The van der Waals surface area contributed by atoms with Gasteiger partial charge in [0.1, 0.15) is 0 Å². The van der Waals surface area contributed by atoms with Gasteiger partial charge >= 0.3 is 0 Å². The molecule has 1 aromatic rings. The first-order valence-corrected chi connectivity index (χ1v) is 7.35. The van der Waals surface area contributed by atoms with E-state index in [2.05, 4.69) is 29.8 Å². The third kappa shape index (κ3) is 3.14. The monoisotopic (exact) mass is 309 g/mol. The lowest BCUT2D eigenvalue weighted by Crippen LogP contribution is -2.36. The largest absolute Gasteiger partial charge is 0.335 e. The highest BCUT2D eigenvalue weighted by Crippen LogP contribution is 2.29. The van der Waals surface area contributed by atoms with Gasteiger partial charge in [0, 0.05) is 22.6 Å². The van der Waals surface area contributed by atoms with Crippen LogP contribution < -0.4 is 0 Å². The van der Waals surface area contributed by atoms with Crippen LogP contribution in [0.25, 0.3) is 0 Å². The molecule has 0 atom stereocenters. The minimum atomic E-state index is 0.182. The summed E-state index contributed by atoms with van der Waals surface area (Å²) < 4.78 is 1.06. The van der Waals surface area contributed by atoms with Crippen LogP contribution >= 0.6 is 15.9 Å². The molecule has 0 unspecified atom stereocenters. The average Bonchev–Trinajstić information content (AvgIpc) is 3.12. The number of benzene rings is 1. The minimum absolute atomic E-state index is 0.182. The number of halogens is 1. The topological polar surface area (TPSA) is 20.3 Å². The number of rotatable bonds is 4. The molecule has 0 bridgehead atoms. The minimum Gasteiger partial charge on any atom is -0.335 e. The number of carbonyl (C=O) groups excluding carboxylic acids is 1. The molecule has 0 radical (unpaired) electrons. The number of aryl methyl sites for hydroxylation is 1. The van der Waals surface area contributed by atoms with Crippen LogP contribution in [0.1, 0.15) is 42.6 Å². The van der Waals surface area contributed by atoms with Gasteiger partial charge in [-0.2, -0.15) is 0 Å². The molecule has 98 valence electrons. The van der Waals surface area contributed by atoms with Gasteiger partial charge in [0.2, 0.25) is 0 Å². The molecule has 0 heterocycles. The third-order valence-electron chi connectivity index (χ3n) is 3.22. The van der Waals surface area contributed by atoms with Crippen LogP contribution in [0.4, 0.5) is 0 Å². The Kier molecular flexibility index (Phi) is 4.10. The van der Waals surface area contributed by atoms with Gasteiger partial charge in [0.25, 0.3) is 5.91 Å². The standard InChI is InChI=1S/C15H20BrNO/c1-10(2)9-17(13-5-6-13)15(18)12-4-7-14(16)11(3)8-12/h4,7-8,10,13H,5-6,9H2,1-3H3. The molecule has 1 amide bonds. The Hall–Kier alpha value is -0.830. The lowest BCUT2D eigenvalue weighted by molar-refractivity contribution is 0.0722. The Morgan fingerprint density at radius 3 is 2.61 bits per heavy atom. The van der Waals surface area contributed by atoms with Crippen molar-refractivity contribution in [3.8, 4) is 0 Å². The van der Waals surface area contributed by atoms with Crippen molar-refractivity contribution in [1.29, 1.82) is 0 Å². The first kappa shape index (κ1) is 13.6. The summed E-state index contributed by atoms with van der Waals surface area (Å²) >= 11 is 3.47. The molecule has 2 rings (SSSR count). The maximum absolute atomic E-state index is 12.5. The van der Waals surface area contributed by atoms with Gasteiger partial charge in [-0.15, -0.1) is 0 Å². The third-order valence-corrected chi connectivity index (χ3v) is 4.10. The van der Waals surface area contributed by atoms with E-state index >= 15 is 0 Å². The lowest BCUT2D eigenvalue weighted by Gasteiger charge is -2.24. The zero-order valence-electron chi connectivity index (χ0n) is 11.2. The van der Waals surface area contributed by atoms with Crippen molar-refractivity contribution in [2.75, 3.05) is 6.54 Å². The molecule has 1 saturated carbocycles. The molecule has 18 heavy (non-hydrogen) atoms. The quantitative estimate of drug-likeness (QED) is 0.822. The van der Waals surface area contributed by atoms with E-state index in [4.69, 9.17) is 0 Å². The van der Waals surface area contributed by atoms with Crippen molar-refractivity contribution < 1.29 is 4.79 Å². The highest BCUT2D eigenvalue weighted by atomic mass is 79.9. The molecular weight excluding hydrogens is 290 g/mol. The van der Waals surface area contributed by atoms with Crippen LogP contribution in [0.5, 0.6) is 0 Å². The number of nitrogens with zero attached hydrogens (tertiary/aromatic N) is 1. The van der Waals surface area contributed by atoms with Crippen molar-refractivity contribution in [2.24, 2.45) is 5.92 Å². The fraction of sp³-hybridized carbons (Fsp3) is 0.533. The number of hydrogen-bond donors (Lipinski definition) is 0. The molecule has 3 heteroatoms. The number of amides is 1. The van der Waals surface area contributed by atoms with E-state index in [-0.39, 0.29) is 5.91 Å². The predicted octanol–water partition coefficient (Wildman–Crippen LogP) is 4.02. The number of carbonyl (C=O) groups is 1. The maximum Gasteiger partial charge on any atom is 0.254 e. The molecule has 1 aliphatic rings. The van der Waals surface area contributed by atoms with Gasteiger partial charge in [-0.1, -0.05) is 29.8 Å². The van der Waals surface area contributed by atoms with Crippen molar-refractivity contribution in [3.05, 3.63) is 33.8 Å². The fourth-order valence-corrected chi connectivity index (χ4v) is 2.37. The molecule has 1 aromatic carbocycles. The number of hydrogen-bond acceptors (Lipinski definition) is 1. The van der Waals surface area contributed by atoms with Crippen LogP contribution in [-0.2, 0) is 0 Å². The summed E-state index contributed by atoms with van der Waals surface area (Å²) in [6.45, 7) is 7.20. The first-order chi connectivity index (χ1) is 8.49. The molecule has 2 nitrogen and oxygen atoms in total. The highest BCUT2D eigenvalue weighted by molar-refractivity contribution is 9.10. The fourth-order valence-electron chi connectivity index (χ4n) is 2.12. The van der Waals surface area contributed by atoms with Crippen molar-refractivity contribution in [3.63, 3.8) is 0 Å². The van der Waals surface area contributed by atoms with E-state index in [1.54, 1.807) is 0 Å². The van der Waals surface area contributed by atoms with E-state index in [0.29, 0.717) is 12.0 Å². The summed E-state index contributed by atoms with van der Waals surface area (Å²) in [6.07, 6.45) is 2.32. The van der Waals surface area contributed by atoms with Crippen LogP contribution in [0.2, 0.25) is 0 Å². The lowest BCUT2D eigenvalue weighted by atomic mass is 10.1. The summed E-state index contributed by atoms with van der Waals surface area (Å²) in [5.41, 5.74) is 1.92. The maximum atomic E-state index is 12.5. The average molecular weight is 310 g/mol. The van der Waals surface area contributed by atoms with Gasteiger partial charge in [-0.25, -0.2) is 0 Å². The molecule has 0 spiro atoms. The zero-order chi connectivity index (χ0) is 13.3. The first-order valence-electron chi connectivity index (χ1n) is 6.56. The highest BCUT2D eigenvalue weighted by Gasteiger charge is 2.33. The molecule has 0 aromatic heterocycles. The van der Waals surface area contributed by atoms with Crippen LogP contribution in [0.15, 0.2) is 22.7 Å². The zero-order valence-corrected chi connectivity index (χ0v) is 12.8. The summed E-state index contributed by atoms with van der Waals surface area (Å²) in [5, 5.41) is 0. The van der Waals surface area contributed by atoms with E-state index in [1.807, 2.05) is 30.0 Å². The Bertz CT molecular complexity index is 452. The normalized spacial score (nSPS) is 14.9. The van der Waals surface area contributed by atoms with Crippen molar-refractivity contribution in [2.45, 2.75) is 39.7 Å². The van der Waals surface area contributed by atoms with E-state index < -0.39 is 0 Å². The van der Waals surface area contributed by atoms with Crippen LogP contribution in [0.3, 0.4) is 0 Å². The Balaban J connectivity index is 2.19. The summed E-state index contributed by atoms with van der Waals surface area (Å²) in [4.78, 5) is 14.6. The van der Waals surface area contributed by atoms with E-state index in [1.165, 1.54) is 0 Å². The van der Waals surface area contributed by atoms with Gasteiger partial charge in [0.05, 0.1) is 0 Å². The van der Waals surface area contributed by atoms with Gasteiger partial charge < -0.3 is 4.90 Å². The van der Waals surface area contributed by atoms with E-state index in [0.717, 1.165) is 35.0 Å². The summed E-state index contributed by atoms with van der Waals surface area (Å²) in [7, 11) is 0. The van der Waals surface area contributed by atoms with E-state index in [9.17, 15) is 4.79 Å². The second-order valence-corrected chi connectivity index (χ2v) is 6.40. The van der Waals surface area contributed by atoms with Gasteiger partial charge in [-0.05, 0) is 49.4 Å². The smallest absolute Gasteiger partial charge is 0.254 e. The predicted molar refractivity (Wildman–Crippen MR) is 77.8 cm³/mol. The van der Waals surface area contributed by atoms with Crippen LogP contribution in [-0.4, -0.2) is 23.4 Å². The Labute approximate surface area is 117 Å². The van der Waals surface area contributed by atoms with Crippen LogP contribution in [0, 0.1) is 12.8 Å². The Morgan fingerprint density at radius 1 is 1.44 bits per heavy atom.